The first-order valence-electron chi connectivity index (χ1n) is 13.7. The average molecular weight is 592 g/mol. The Morgan fingerprint density at radius 3 is 2.45 bits per heavy atom. The number of esters is 2. The predicted molar refractivity (Wildman–Crippen MR) is 160 cm³/mol. The van der Waals surface area contributed by atoms with Gasteiger partial charge in [-0.3, -0.25) is 9.59 Å². The van der Waals surface area contributed by atoms with Crippen molar-refractivity contribution in [3.8, 4) is 11.5 Å². The summed E-state index contributed by atoms with van der Waals surface area (Å²) in [7, 11) is 1.44. The number of fused-ring (bicyclic) bond motifs is 1. The Balaban J connectivity index is 1.45. The molecule has 4 rings (SSSR count). The second kappa shape index (κ2) is 13.9. The molecule has 0 unspecified atom stereocenters. The molecule has 1 aliphatic rings. The normalized spacial score (nSPS) is 12.9. The second-order valence-corrected chi connectivity index (χ2v) is 10.8. The molecule has 42 heavy (non-hydrogen) atoms. The Labute approximate surface area is 248 Å². The first kappa shape index (κ1) is 30.4. The van der Waals surface area contributed by atoms with E-state index in [1.807, 2.05) is 19.1 Å². The summed E-state index contributed by atoms with van der Waals surface area (Å²) in [5.41, 5.74) is 5.64. The number of carbonyl (C=O) groups is 4. The Hall–Kier alpha value is -4.51. The van der Waals surface area contributed by atoms with Crippen LogP contribution in [-0.2, 0) is 27.2 Å². The smallest absolute Gasteiger partial charge is 0.343 e. The first-order chi connectivity index (χ1) is 20.2. The van der Waals surface area contributed by atoms with E-state index < -0.39 is 23.8 Å². The molecule has 0 fully saturated rings. The number of hydrazone groups is 1. The highest BCUT2D eigenvalue weighted by molar-refractivity contribution is 7.17. The summed E-state index contributed by atoms with van der Waals surface area (Å²) in [4.78, 5) is 51.8. The molecule has 1 aromatic heterocycles. The number of thiophene rings is 1. The van der Waals surface area contributed by atoms with Crippen molar-refractivity contribution in [2.75, 3.05) is 19.0 Å². The molecule has 0 spiro atoms. The highest BCUT2D eigenvalue weighted by Gasteiger charge is 2.28. The van der Waals surface area contributed by atoms with Crippen LogP contribution in [0.4, 0.5) is 5.00 Å². The Morgan fingerprint density at radius 1 is 0.952 bits per heavy atom. The van der Waals surface area contributed by atoms with Crippen LogP contribution in [0.1, 0.15) is 75.4 Å². The van der Waals surface area contributed by atoms with Gasteiger partial charge < -0.3 is 19.5 Å². The zero-order valence-electron chi connectivity index (χ0n) is 24.0. The van der Waals surface area contributed by atoms with Crippen LogP contribution in [0.3, 0.4) is 0 Å². The van der Waals surface area contributed by atoms with Gasteiger partial charge in [-0.15, -0.1) is 11.3 Å². The summed E-state index contributed by atoms with van der Waals surface area (Å²) >= 11 is 1.31. The van der Waals surface area contributed by atoms with Crippen LogP contribution < -0.4 is 20.2 Å². The molecule has 0 saturated carbocycles. The van der Waals surface area contributed by atoms with E-state index in [9.17, 15) is 19.2 Å². The molecule has 0 bridgehead atoms. The Kier molecular flexibility index (Phi) is 10.1. The fourth-order valence-corrected chi connectivity index (χ4v) is 5.87. The summed E-state index contributed by atoms with van der Waals surface area (Å²) in [6.45, 7) is 5.38. The molecule has 2 aromatic carbocycles. The minimum absolute atomic E-state index is 0.201. The number of benzene rings is 2. The summed E-state index contributed by atoms with van der Waals surface area (Å²) < 4.78 is 16.2. The van der Waals surface area contributed by atoms with Crippen LogP contribution in [0.15, 0.2) is 47.6 Å². The number of hydrogen-bond acceptors (Lipinski definition) is 9. The maximum Gasteiger partial charge on any atom is 0.343 e. The van der Waals surface area contributed by atoms with Crippen molar-refractivity contribution >= 4 is 45.8 Å². The van der Waals surface area contributed by atoms with Gasteiger partial charge >= 0.3 is 23.8 Å². The van der Waals surface area contributed by atoms with Crippen LogP contribution >= 0.6 is 11.3 Å². The van der Waals surface area contributed by atoms with E-state index in [4.69, 9.17) is 14.2 Å². The molecular formula is C31H33N3O7S. The fraction of sp³-hybridized carbons (Fsp3) is 0.323. The first-order valence-corrected chi connectivity index (χ1v) is 14.5. The molecule has 1 aliphatic carbocycles. The van der Waals surface area contributed by atoms with Crippen molar-refractivity contribution in [1.82, 2.24) is 5.43 Å². The monoisotopic (exact) mass is 591 g/mol. The lowest BCUT2D eigenvalue weighted by atomic mass is 10.1. The zero-order chi connectivity index (χ0) is 30.2. The number of rotatable bonds is 8. The number of carbonyl (C=O) groups excluding carboxylic acids is 4. The largest absolute Gasteiger partial charge is 0.493 e. The summed E-state index contributed by atoms with van der Waals surface area (Å²) in [5.74, 6) is -2.47. The molecule has 3 aromatic rings. The number of anilines is 1. The van der Waals surface area contributed by atoms with Crippen LogP contribution in [0.2, 0.25) is 0 Å². The lowest BCUT2D eigenvalue weighted by Crippen LogP contribution is -2.33. The van der Waals surface area contributed by atoms with Crippen molar-refractivity contribution < 1.29 is 33.4 Å². The minimum Gasteiger partial charge on any atom is -0.493 e. The van der Waals surface area contributed by atoms with Gasteiger partial charge in [-0.2, -0.15) is 5.10 Å². The second-order valence-electron chi connectivity index (χ2n) is 9.65. The number of methoxy groups -OCH3 is 1. The van der Waals surface area contributed by atoms with E-state index in [1.165, 1.54) is 18.4 Å². The van der Waals surface area contributed by atoms with Crippen molar-refractivity contribution in [2.45, 2.75) is 52.9 Å². The molecule has 0 radical (unpaired) electrons. The number of nitrogens with one attached hydrogen (secondary N) is 2. The van der Waals surface area contributed by atoms with Crippen LogP contribution in [0.5, 0.6) is 11.5 Å². The molecule has 220 valence electrons. The van der Waals surface area contributed by atoms with Gasteiger partial charge in [0, 0.05) is 10.4 Å². The number of amides is 2. The fourth-order valence-electron chi connectivity index (χ4n) is 4.59. The van der Waals surface area contributed by atoms with E-state index in [2.05, 4.69) is 15.8 Å². The lowest BCUT2D eigenvalue weighted by Gasteiger charge is -2.12. The molecule has 10 nitrogen and oxygen atoms in total. The molecule has 0 aliphatic heterocycles. The summed E-state index contributed by atoms with van der Waals surface area (Å²) in [6, 6.07) is 11.9. The topological polar surface area (TPSA) is 132 Å². The average Bonchev–Trinajstić information content (AvgIpc) is 3.15. The number of hydrogen-bond donors (Lipinski definition) is 2. The van der Waals surface area contributed by atoms with Crippen molar-refractivity contribution in [3.63, 3.8) is 0 Å². The van der Waals surface area contributed by atoms with Crippen LogP contribution in [-0.4, -0.2) is 43.2 Å². The highest BCUT2D eigenvalue weighted by atomic mass is 32.1. The van der Waals surface area contributed by atoms with Gasteiger partial charge in [0.15, 0.2) is 11.5 Å². The van der Waals surface area contributed by atoms with E-state index in [0.717, 1.165) is 48.1 Å². The number of ether oxygens (including phenoxy) is 3. The van der Waals surface area contributed by atoms with Gasteiger partial charge in [-0.25, -0.2) is 15.0 Å². The van der Waals surface area contributed by atoms with Gasteiger partial charge in [-0.1, -0.05) is 24.6 Å². The summed E-state index contributed by atoms with van der Waals surface area (Å²) in [6.07, 6.45) is 4.54. The van der Waals surface area contributed by atoms with E-state index in [0.29, 0.717) is 27.4 Å². The number of aryl methyl sites for hydroxylation is 2. The Bertz CT molecular complexity index is 1540. The molecule has 1 heterocycles. The van der Waals surface area contributed by atoms with Crippen LogP contribution in [0.25, 0.3) is 0 Å². The Morgan fingerprint density at radius 2 is 1.71 bits per heavy atom. The van der Waals surface area contributed by atoms with Gasteiger partial charge in [0.05, 0.1) is 30.6 Å². The van der Waals surface area contributed by atoms with Crippen molar-refractivity contribution in [1.29, 1.82) is 0 Å². The predicted octanol–water partition coefficient (Wildman–Crippen LogP) is 5.21. The standard InChI is InChI=1S/C31H33N3O7S/c1-5-40-31(38)26-22-13-7-6-8-14-25(22)42-29(26)32-27(35)28(36)34-33-19(3)20-15-16-23(24(17-20)39-4)41-30(37)21-12-10-9-11-18(21)2/h9-12,15-17H,5-8,13-14H2,1-4H3,(H,32,35)(H,34,36). The maximum atomic E-state index is 12.8. The number of nitrogens with zero attached hydrogens (tertiary/aromatic N) is 1. The summed E-state index contributed by atoms with van der Waals surface area (Å²) in [5, 5.41) is 6.94. The van der Waals surface area contributed by atoms with E-state index >= 15 is 0 Å². The third-order valence-corrected chi connectivity index (χ3v) is 8.02. The maximum absolute atomic E-state index is 12.8. The zero-order valence-corrected chi connectivity index (χ0v) is 24.8. The third-order valence-electron chi connectivity index (χ3n) is 6.81. The van der Waals surface area contributed by atoms with Gasteiger partial charge in [0.2, 0.25) is 0 Å². The molecule has 2 amide bonds. The minimum atomic E-state index is -0.997. The highest BCUT2D eigenvalue weighted by Crippen LogP contribution is 2.38. The molecule has 11 heteroatoms. The molecule has 2 N–H and O–H groups in total. The van der Waals surface area contributed by atoms with Gasteiger partial charge in [-0.05, 0) is 81.8 Å². The van der Waals surface area contributed by atoms with Gasteiger partial charge in [0.25, 0.3) is 0 Å². The molecular weight excluding hydrogens is 558 g/mol. The van der Waals surface area contributed by atoms with Crippen molar-refractivity contribution in [3.05, 3.63) is 75.2 Å². The van der Waals surface area contributed by atoms with Gasteiger partial charge in [0.1, 0.15) is 5.00 Å². The SMILES string of the molecule is CCOC(=O)c1c(NC(=O)C(=O)NN=C(C)c2ccc(OC(=O)c3ccccc3C)c(OC)c2)sc2c1CCCCC2. The van der Waals surface area contributed by atoms with E-state index in [-0.39, 0.29) is 18.1 Å². The van der Waals surface area contributed by atoms with E-state index in [1.54, 1.807) is 44.2 Å². The van der Waals surface area contributed by atoms with Crippen LogP contribution in [0, 0.1) is 6.92 Å². The van der Waals surface area contributed by atoms with Crippen molar-refractivity contribution in [2.24, 2.45) is 5.10 Å². The third kappa shape index (κ3) is 7.03. The molecule has 0 atom stereocenters. The lowest BCUT2D eigenvalue weighted by molar-refractivity contribution is -0.136. The quantitative estimate of drug-likeness (QED) is 0.0918. The molecule has 0 saturated heterocycles.